The topological polar surface area (TPSA) is 33.3 Å². The fourth-order valence-electron chi connectivity index (χ4n) is 3.00. The van der Waals surface area contributed by atoms with Gasteiger partial charge in [-0.25, -0.2) is 0 Å². The Morgan fingerprint density at radius 2 is 1.77 bits per heavy atom. The minimum Gasteiger partial charge on any atom is -0.487 e. The molecule has 0 amide bonds. The molecule has 0 bridgehead atoms. The number of nitrogens with one attached hydrogen (secondary N) is 2. The zero-order valence-electron chi connectivity index (χ0n) is 14.4. The third-order valence-corrected chi connectivity index (χ3v) is 4.37. The molecule has 2 aromatic carbocycles. The van der Waals surface area contributed by atoms with E-state index in [1.165, 1.54) is 12.1 Å². The van der Waals surface area contributed by atoms with Gasteiger partial charge in [-0.2, -0.15) is 13.2 Å². The number of halogens is 3. The third kappa shape index (κ3) is 4.27. The lowest BCUT2D eigenvalue weighted by atomic mass is 9.90. The van der Waals surface area contributed by atoms with E-state index in [-0.39, 0.29) is 11.6 Å². The largest absolute Gasteiger partial charge is 0.487 e. The van der Waals surface area contributed by atoms with Crippen molar-refractivity contribution >= 4 is 23.0 Å². The number of thiocarbonyl (C=S) groups is 1. The SMILES string of the molecule is CC1(C)CC(NC(=S)Nc2ccc(C(F)(F)F)cc2)c2ccccc2O1. The maximum Gasteiger partial charge on any atom is 0.416 e. The molecule has 3 nitrogen and oxygen atoms in total. The van der Waals surface area contributed by atoms with Crippen molar-refractivity contribution in [3.63, 3.8) is 0 Å². The second-order valence-electron chi connectivity index (χ2n) is 6.83. The van der Waals surface area contributed by atoms with Crippen LogP contribution >= 0.6 is 12.2 Å². The molecule has 138 valence electrons. The Kier molecular flexibility index (Phi) is 4.84. The molecule has 0 aliphatic carbocycles. The minimum absolute atomic E-state index is 0.0515. The quantitative estimate of drug-likeness (QED) is 0.693. The maximum absolute atomic E-state index is 12.6. The van der Waals surface area contributed by atoms with E-state index in [0.717, 1.165) is 23.4 Å². The van der Waals surface area contributed by atoms with Crippen LogP contribution in [0, 0.1) is 0 Å². The number of hydrogen-bond donors (Lipinski definition) is 2. The van der Waals surface area contributed by atoms with Crippen LogP contribution in [0.1, 0.15) is 37.4 Å². The molecule has 0 saturated heterocycles. The zero-order valence-corrected chi connectivity index (χ0v) is 15.2. The van der Waals surface area contributed by atoms with Gasteiger partial charge in [0, 0.05) is 17.7 Å². The molecule has 3 rings (SSSR count). The van der Waals surface area contributed by atoms with Crippen molar-refractivity contribution in [1.29, 1.82) is 0 Å². The van der Waals surface area contributed by atoms with E-state index in [0.29, 0.717) is 17.2 Å². The molecule has 1 aliphatic heterocycles. The number of para-hydroxylation sites is 1. The Labute approximate surface area is 155 Å². The normalized spacial score (nSPS) is 18.4. The van der Waals surface area contributed by atoms with Gasteiger partial charge in [-0.15, -0.1) is 0 Å². The van der Waals surface area contributed by atoms with Crippen LogP contribution in [0.5, 0.6) is 5.75 Å². The third-order valence-electron chi connectivity index (χ3n) is 4.15. The predicted octanol–water partition coefficient (Wildman–Crippen LogP) is 5.29. The summed E-state index contributed by atoms with van der Waals surface area (Å²) in [6.07, 6.45) is -3.65. The van der Waals surface area contributed by atoms with Crippen LogP contribution in [0.25, 0.3) is 0 Å². The second kappa shape index (κ2) is 6.79. The van der Waals surface area contributed by atoms with Crippen molar-refractivity contribution in [3.8, 4) is 5.75 Å². The van der Waals surface area contributed by atoms with E-state index in [1.54, 1.807) is 0 Å². The number of fused-ring (bicyclic) bond motifs is 1. The molecule has 26 heavy (non-hydrogen) atoms. The Morgan fingerprint density at radius 1 is 1.12 bits per heavy atom. The molecule has 0 aromatic heterocycles. The monoisotopic (exact) mass is 380 g/mol. The van der Waals surface area contributed by atoms with Gasteiger partial charge in [-0.1, -0.05) is 18.2 Å². The summed E-state index contributed by atoms with van der Waals surface area (Å²) in [7, 11) is 0. The Balaban J connectivity index is 1.70. The molecular formula is C19H19F3N2OS. The molecule has 1 atom stereocenters. The molecule has 0 fully saturated rings. The number of rotatable bonds is 2. The molecule has 1 aliphatic rings. The average Bonchev–Trinajstić information content (AvgIpc) is 2.53. The first-order valence-electron chi connectivity index (χ1n) is 8.17. The van der Waals surface area contributed by atoms with E-state index in [2.05, 4.69) is 10.6 Å². The summed E-state index contributed by atoms with van der Waals surface area (Å²) >= 11 is 5.34. The first-order valence-corrected chi connectivity index (χ1v) is 8.58. The Morgan fingerprint density at radius 3 is 2.42 bits per heavy atom. The highest BCUT2D eigenvalue weighted by atomic mass is 32.1. The van der Waals surface area contributed by atoms with Gasteiger partial charge < -0.3 is 15.4 Å². The van der Waals surface area contributed by atoms with E-state index in [9.17, 15) is 13.2 Å². The number of alkyl halides is 3. The lowest BCUT2D eigenvalue weighted by Gasteiger charge is -2.38. The first kappa shape index (κ1) is 18.5. The summed E-state index contributed by atoms with van der Waals surface area (Å²) in [5.74, 6) is 0.804. The molecule has 0 saturated carbocycles. The lowest BCUT2D eigenvalue weighted by Crippen LogP contribution is -2.42. The van der Waals surface area contributed by atoms with E-state index < -0.39 is 11.7 Å². The number of hydrogen-bond acceptors (Lipinski definition) is 2. The van der Waals surface area contributed by atoms with Gasteiger partial charge in [-0.3, -0.25) is 0 Å². The summed E-state index contributed by atoms with van der Waals surface area (Å²) in [4.78, 5) is 0. The van der Waals surface area contributed by atoms with Crippen molar-refractivity contribution in [3.05, 3.63) is 59.7 Å². The van der Waals surface area contributed by atoms with Crippen LogP contribution in [0.15, 0.2) is 48.5 Å². The van der Waals surface area contributed by atoms with Crippen molar-refractivity contribution in [2.45, 2.75) is 38.1 Å². The van der Waals surface area contributed by atoms with Gasteiger partial charge in [0.15, 0.2) is 5.11 Å². The standard InChI is InChI=1S/C19H19F3N2OS/c1-18(2)11-15(14-5-3-4-6-16(14)25-18)24-17(26)23-13-9-7-12(8-10-13)19(20,21)22/h3-10,15H,11H2,1-2H3,(H2,23,24,26). The number of ether oxygens (including phenoxy) is 1. The Hall–Kier alpha value is -2.28. The van der Waals surface area contributed by atoms with Gasteiger partial charge in [0.25, 0.3) is 0 Å². The number of benzene rings is 2. The van der Waals surface area contributed by atoms with E-state index in [1.807, 2.05) is 38.1 Å². The second-order valence-corrected chi connectivity index (χ2v) is 7.24. The van der Waals surface area contributed by atoms with E-state index in [4.69, 9.17) is 17.0 Å². The maximum atomic E-state index is 12.6. The van der Waals surface area contributed by atoms with Gasteiger partial charge in [0.1, 0.15) is 11.4 Å². The van der Waals surface area contributed by atoms with Crippen LogP contribution in [0.2, 0.25) is 0 Å². The van der Waals surface area contributed by atoms with Gasteiger partial charge in [0.05, 0.1) is 11.6 Å². The molecule has 1 heterocycles. The first-order chi connectivity index (χ1) is 12.1. The highest BCUT2D eigenvalue weighted by Crippen LogP contribution is 2.39. The van der Waals surface area contributed by atoms with Crippen LogP contribution in [0.3, 0.4) is 0 Å². The zero-order chi connectivity index (χ0) is 18.9. The van der Waals surface area contributed by atoms with Crippen LogP contribution < -0.4 is 15.4 Å². The molecule has 7 heteroatoms. The van der Waals surface area contributed by atoms with Crippen molar-refractivity contribution in [2.24, 2.45) is 0 Å². The van der Waals surface area contributed by atoms with Crippen molar-refractivity contribution in [1.82, 2.24) is 5.32 Å². The van der Waals surface area contributed by atoms with Crippen LogP contribution in [-0.4, -0.2) is 10.7 Å². The molecule has 0 radical (unpaired) electrons. The van der Waals surface area contributed by atoms with E-state index >= 15 is 0 Å². The highest BCUT2D eigenvalue weighted by molar-refractivity contribution is 7.80. The average molecular weight is 380 g/mol. The van der Waals surface area contributed by atoms with Gasteiger partial charge in [-0.05, 0) is 56.4 Å². The molecule has 0 spiro atoms. The summed E-state index contributed by atoms with van der Waals surface area (Å²) in [6, 6.07) is 12.5. The van der Waals surface area contributed by atoms with Crippen LogP contribution in [-0.2, 0) is 6.18 Å². The lowest BCUT2D eigenvalue weighted by molar-refractivity contribution is -0.137. The molecule has 2 N–H and O–H groups in total. The van der Waals surface area contributed by atoms with Gasteiger partial charge >= 0.3 is 6.18 Å². The fourth-order valence-corrected chi connectivity index (χ4v) is 3.26. The number of anilines is 1. The Bertz CT molecular complexity index is 803. The molecule has 2 aromatic rings. The summed E-state index contributed by atoms with van der Waals surface area (Å²) in [6.45, 7) is 4.01. The molecular weight excluding hydrogens is 361 g/mol. The summed E-state index contributed by atoms with van der Waals surface area (Å²) < 4.78 is 43.9. The van der Waals surface area contributed by atoms with Crippen LogP contribution in [0.4, 0.5) is 18.9 Å². The minimum atomic E-state index is -4.35. The summed E-state index contributed by atoms with van der Waals surface area (Å²) in [5, 5.41) is 6.53. The highest BCUT2D eigenvalue weighted by Gasteiger charge is 2.34. The van der Waals surface area contributed by atoms with Crippen molar-refractivity contribution < 1.29 is 17.9 Å². The fraction of sp³-hybridized carbons (Fsp3) is 0.316. The molecule has 1 unspecified atom stereocenters. The predicted molar refractivity (Wildman–Crippen MR) is 99.3 cm³/mol. The summed E-state index contributed by atoms with van der Waals surface area (Å²) in [5.41, 5.74) is 0.455. The van der Waals surface area contributed by atoms with Crippen molar-refractivity contribution in [2.75, 3.05) is 5.32 Å². The smallest absolute Gasteiger partial charge is 0.416 e. The van der Waals surface area contributed by atoms with Gasteiger partial charge in [0.2, 0.25) is 0 Å².